The van der Waals surface area contributed by atoms with Crippen LogP contribution in [0.5, 0.6) is 0 Å². The Balaban J connectivity index is 0.000000492. The first kappa shape index (κ1) is 23.1. The topological polar surface area (TPSA) is 115 Å². The van der Waals surface area contributed by atoms with E-state index < -0.39 is 11.9 Å². The van der Waals surface area contributed by atoms with Gasteiger partial charge in [-0.15, -0.1) is 0 Å². The van der Waals surface area contributed by atoms with Gasteiger partial charge >= 0.3 is 0 Å². The molecular weight excluding hydrogens is 358 g/mol. The van der Waals surface area contributed by atoms with Gasteiger partial charge in [0.05, 0.1) is 11.9 Å². The van der Waals surface area contributed by atoms with Gasteiger partial charge in [-0.25, -0.2) is 0 Å². The summed E-state index contributed by atoms with van der Waals surface area (Å²) in [5.41, 5.74) is 5.63. The lowest BCUT2D eigenvalue weighted by Gasteiger charge is -2.25. The third kappa shape index (κ3) is 6.64. The van der Waals surface area contributed by atoms with Crippen LogP contribution in [0.15, 0.2) is 60.7 Å². The number of rotatable bonds is 4. The standard InChI is InChI=1S/C20H23N.C2H2O4.H2O/c1-21(2)13-12-16-14-18-10-6-7-11-19(18)20(15-16)17-8-4-3-5-9-17;3-1(4)2(5)6;/h3-11,15-16H,12-14H2,1-2H3;(H,3,4)(H,5,6);1H2/p-2. The van der Waals surface area contributed by atoms with E-state index >= 15 is 0 Å². The van der Waals surface area contributed by atoms with Crippen LogP contribution in [0.2, 0.25) is 0 Å². The molecule has 0 heterocycles. The molecule has 0 aromatic heterocycles. The van der Waals surface area contributed by atoms with Crippen LogP contribution in [0.1, 0.15) is 23.1 Å². The minimum Gasteiger partial charge on any atom is -0.543 e. The summed E-state index contributed by atoms with van der Waals surface area (Å²) in [6, 6.07) is 19.6. The van der Waals surface area contributed by atoms with Crippen LogP contribution in [0.3, 0.4) is 0 Å². The highest BCUT2D eigenvalue weighted by Crippen LogP contribution is 2.34. The Bertz CT molecular complexity index is 803. The average molecular weight is 383 g/mol. The lowest BCUT2D eigenvalue weighted by atomic mass is 9.81. The second-order valence-electron chi connectivity index (χ2n) is 6.73. The van der Waals surface area contributed by atoms with Crippen LogP contribution in [0, 0.1) is 5.92 Å². The van der Waals surface area contributed by atoms with E-state index in [1.54, 1.807) is 0 Å². The fourth-order valence-corrected chi connectivity index (χ4v) is 3.11. The van der Waals surface area contributed by atoms with Crippen molar-refractivity contribution in [3.05, 3.63) is 77.4 Å². The highest BCUT2D eigenvalue weighted by Gasteiger charge is 2.20. The lowest BCUT2D eigenvalue weighted by Crippen LogP contribution is -2.42. The van der Waals surface area contributed by atoms with Gasteiger partial charge < -0.3 is 30.2 Å². The molecule has 3 rings (SSSR count). The lowest BCUT2D eigenvalue weighted by molar-refractivity contribution is -0.345. The molecule has 0 saturated carbocycles. The molecule has 2 aromatic carbocycles. The Labute approximate surface area is 165 Å². The summed E-state index contributed by atoms with van der Waals surface area (Å²) in [7, 11) is 4.30. The fraction of sp³-hybridized carbons (Fsp3) is 0.273. The first-order valence-electron chi connectivity index (χ1n) is 8.81. The molecule has 0 amide bonds. The number of benzene rings is 2. The van der Waals surface area contributed by atoms with E-state index in [0.717, 1.165) is 6.54 Å². The van der Waals surface area contributed by atoms with Crippen molar-refractivity contribution in [2.24, 2.45) is 5.92 Å². The van der Waals surface area contributed by atoms with Gasteiger partial charge in [0, 0.05) is 0 Å². The third-order valence-electron chi connectivity index (χ3n) is 4.39. The van der Waals surface area contributed by atoms with E-state index in [1.165, 1.54) is 35.1 Å². The molecule has 1 aliphatic rings. The molecule has 0 radical (unpaired) electrons. The van der Waals surface area contributed by atoms with Gasteiger partial charge in [-0.3, -0.25) is 0 Å². The van der Waals surface area contributed by atoms with E-state index in [-0.39, 0.29) is 5.48 Å². The van der Waals surface area contributed by atoms with Crippen LogP contribution in [0.4, 0.5) is 0 Å². The normalized spacial score (nSPS) is 14.7. The Morgan fingerprint density at radius 1 is 0.964 bits per heavy atom. The van der Waals surface area contributed by atoms with Crippen molar-refractivity contribution >= 4 is 17.5 Å². The molecule has 0 aliphatic heterocycles. The third-order valence-corrected chi connectivity index (χ3v) is 4.39. The van der Waals surface area contributed by atoms with Crippen molar-refractivity contribution in [3.8, 4) is 0 Å². The minimum atomic E-state index is -2.19. The summed E-state index contributed by atoms with van der Waals surface area (Å²) in [5, 5.41) is 17.9. The van der Waals surface area contributed by atoms with E-state index in [4.69, 9.17) is 19.8 Å². The molecule has 0 bridgehead atoms. The van der Waals surface area contributed by atoms with Gasteiger partial charge in [-0.05, 0) is 61.7 Å². The second-order valence-corrected chi connectivity index (χ2v) is 6.73. The SMILES string of the molecule is CN(C)CCC1C=C(c2ccccc2)c2ccccc2C1.O.O=C([O-])C(=O)[O-]. The van der Waals surface area contributed by atoms with Gasteiger partial charge in [0.25, 0.3) is 0 Å². The number of fused-ring (bicyclic) bond motifs is 1. The zero-order valence-electron chi connectivity index (χ0n) is 16.1. The highest BCUT2D eigenvalue weighted by molar-refractivity contribution is 6.25. The zero-order valence-corrected chi connectivity index (χ0v) is 16.1. The minimum absolute atomic E-state index is 0. The molecule has 28 heavy (non-hydrogen) atoms. The molecule has 0 saturated heterocycles. The molecule has 0 spiro atoms. The molecule has 0 fully saturated rings. The van der Waals surface area contributed by atoms with Gasteiger partial charge in [0.1, 0.15) is 0 Å². The number of carbonyl (C=O) groups excluding carboxylic acids is 2. The van der Waals surface area contributed by atoms with E-state index in [0.29, 0.717) is 5.92 Å². The molecule has 6 heteroatoms. The molecule has 1 aliphatic carbocycles. The fourth-order valence-electron chi connectivity index (χ4n) is 3.11. The van der Waals surface area contributed by atoms with Crippen molar-refractivity contribution in [3.63, 3.8) is 0 Å². The number of allylic oxidation sites excluding steroid dienone is 1. The van der Waals surface area contributed by atoms with Gasteiger partial charge in [0.2, 0.25) is 0 Å². The quantitative estimate of drug-likeness (QED) is 0.684. The number of aliphatic carboxylic acids is 2. The van der Waals surface area contributed by atoms with E-state index in [9.17, 15) is 0 Å². The summed E-state index contributed by atoms with van der Waals surface area (Å²) < 4.78 is 0. The number of nitrogens with zero attached hydrogens (tertiary/aromatic N) is 1. The number of hydrogen-bond acceptors (Lipinski definition) is 5. The van der Waals surface area contributed by atoms with Crippen molar-refractivity contribution in [1.82, 2.24) is 4.90 Å². The van der Waals surface area contributed by atoms with Gasteiger partial charge in [0.15, 0.2) is 0 Å². The Hall–Kier alpha value is -2.96. The Kier molecular flexibility index (Phi) is 9.08. The maximum atomic E-state index is 8.93. The Morgan fingerprint density at radius 2 is 1.54 bits per heavy atom. The predicted octanol–water partition coefficient (Wildman–Crippen LogP) is -0.0962. The smallest absolute Gasteiger partial charge is 0.0870 e. The zero-order chi connectivity index (χ0) is 19.8. The summed E-state index contributed by atoms with van der Waals surface area (Å²) in [4.78, 5) is 20.1. The maximum absolute atomic E-state index is 8.93. The summed E-state index contributed by atoms with van der Waals surface area (Å²) >= 11 is 0. The molecule has 150 valence electrons. The predicted molar refractivity (Wildman–Crippen MR) is 104 cm³/mol. The van der Waals surface area contributed by atoms with Crippen molar-refractivity contribution in [2.45, 2.75) is 12.8 Å². The van der Waals surface area contributed by atoms with Crippen molar-refractivity contribution in [2.75, 3.05) is 20.6 Å². The first-order chi connectivity index (χ1) is 12.9. The summed E-state index contributed by atoms with van der Waals surface area (Å²) in [5.74, 6) is -3.73. The molecule has 1 unspecified atom stereocenters. The van der Waals surface area contributed by atoms with Crippen LogP contribution >= 0.6 is 0 Å². The van der Waals surface area contributed by atoms with Crippen LogP contribution in [-0.4, -0.2) is 43.0 Å². The molecule has 2 N–H and O–H groups in total. The number of carboxylic acid groups (broad SMARTS) is 2. The van der Waals surface area contributed by atoms with Crippen LogP contribution < -0.4 is 10.2 Å². The first-order valence-corrected chi connectivity index (χ1v) is 8.81. The second kappa shape index (κ2) is 11.0. The summed E-state index contributed by atoms with van der Waals surface area (Å²) in [6.07, 6.45) is 4.87. The number of carbonyl (C=O) groups is 2. The van der Waals surface area contributed by atoms with Crippen LogP contribution in [-0.2, 0) is 16.0 Å². The number of hydrogen-bond donors (Lipinski definition) is 0. The van der Waals surface area contributed by atoms with Crippen LogP contribution in [0.25, 0.3) is 5.57 Å². The Morgan fingerprint density at radius 3 is 2.11 bits per heavy atom. The monoisotopic (exact) mass is 383 g/mol. The van der Waals surface area contributed by atoms with Crippen molar-refractivity contribution < 1.29 is 25.3 Å². The van der Waals surface area contributed by atoms with Crippen molar-refractivity contribution in [1.29, 1.82) is 0 Å². The highest BCUT2D eigenvalue weighted by atomic mass is 16.4. The molecule has 2 aromatic rings. The molecular formula is C22H25NO5-2. The number of carboxylic acids is 2. The van der Waals surface area contributed by atoms with E-state index in [1.807, 2.05) is 0 Å². The maximum Gasteiger partial charge on any atom is 0.0870 e. The largest absolute Gasteiger partial charge is 0.543 e. The van der Waals surface area contributed by atoms with Gasteiger partial charge in [-0.1, -0.05) is 60.7 Å². The van der Waals surface area contributed by atoms with E-state index in [2.05, 4.69) is 79.7 Å². The summed E-state index contributed by atoms with van der Waals surface area (Å²) in [6.45, 7) is 1.14. The average Bonchev–Trinajstić information content (AvgIpc) is 2.66. The molecule has 1 atom stereocenters. The van der Waals surface area contributed by atoms with Gasteiger partial charge in [-0.2, -0.15) is 0 Å². The molecule has 6 nitrogen and oxygen atoms in total.